The van der Waals surface area contributed by atoms with Crippen molar-refractivity contribution in [2.24, 2.45) is 0 Å². The number of halogens is 4. The minimum absolute atomic E-state index is 0.0496. The van der Waals surface area contributed by atoms with E-state index in [1.54, 1.807) is 20.8 Å². The average molecular weight is 402 g/mol. The number of alkyl halides is 3. The van der Waals surface area contributed by atoms with Crippen LogP contribution in [0.5, 0.6) is 0 Å². The normalized spacial score (nSPS) is 11.2. The first-order chi connectivity index (χ1) is 12.5. The molecule has 0 radical (unpaired) electrons. The molecule has 0 aliphatic carbocycles. The van der Waals surface area contributed by atoms with Crippen LogP contribution >= 0.6 is 11.6 Å². The molecule has 10 heteroatoms. The molecule has 6 nitrogen and oxygen atoms in total. The molecular weight excluding hydrogens is 387 g/mol. The lowest BCUT2D eigenvalue weighted by molar-refractivity contribution is -0.137. The van der Waals surface area contributed by atoms with E-state index in [1.165, 1.54) is 0 Å². The van der Waals surface area contributed by atoms with Crippen molar-refractivity contribution in [2.75, 3.05) is 11.9 Å². The average Bonchev–Trinajstić information content (AvgIpc) is 2.57. The molecule has 0 aliphatic rings. The number of rotatable bonds is 4. The SMILES string of the molecule is CCOC(=O)c1nc(C)c(C)nc1C(=O)Nc1cc(C(F)(F)F)ccc1Cl. The van der Waals surface area contributed by atoms with E-state index < -0.39 is 23.6 Å². The fourth-order valence-corrected chi connectivity index (χ4v) is 2.25. The summed E-state index contributed by atoms with van der Waals surface area (Å²) in [7, 11) is 0. The van der Waals surface area contributed by atoms with Gasteiger partial charge in [0.25, 0.3) is 5.91 Å². The molecule has 0 unspecified atom stereocenters. The number of esters is 1. The molecule has 0 bridgehead atoms. The molecule has 1 heterocycles. The molecule has 0 atom stereocenters. The summed E-state index contributed by atoms with van der Waals surface area (Å²) in [4.78, 5) is 32.7. The molecule has 0 fully saturated rings. The van der Waals surface area contributed by atoms with E-state index >= 15 is 0 Å². The van der Waals surface area contributed by atoms with Crippen LogP contribution in [0, 0.1) is 13.8 Å². The Morgan fingerprint density at radius 1 is 1.15 bits per heavy atom. The molecule has 0 spiro atoms. The quantitative estimate of drug-likeness (QED) is 0.777. The lowest BCUT2D eigenvalue weighted by Crippen LogP contribution is -2.22. The second-order valence-corrected chi connectivity index (χ2v) is 5.87. The minimum Gasteiger partial charge on any atom is -0.461 e. The zero-order chi connectivity index (χ0) is 20.4. The third-order valence-corrected chi connectivity index (χ3v) is 3.86. The maximum Gasteiger partial charge on any atom is 0.416 e. The largest absolute Gasteiger partial charge is 0.461 e. The number of aryl methyl sites for hydroxylation is 2. The van der Waals surface area contributed by atoms with Crippen molar-refractivity contribution in [2.45, 2.75) is 26.9 Å². The maximum atomic E-state index is 12.9. The molecule has 2 rings (SSSR count). The third-order valence-electron chi connectivity index (χ3n) is 3.53. The molecule has 0 saturated heterocycles. The Balaban J connectivity index is 2.44. The van der Waals surface area contributed by atoms with Crippen LogP contribution in [0.25, 0.3) is 0 Å². The first kappa shape index (κ1) is 20.6. The van der Waals surface area contributed by atoms with Crippen LogP contribution in [0.3, 0.4) is 0 Å². The van der Waals surface area contributed by atoms with Gasteiger partial charge in [-0.3, -0.25) is 4.79 Å². The van der Waals surface area contributed by atoms with Gasteiger partial charge in [0, 0.05) is 0 Å². The number of hydrogen-bond donors (Lipinski definition) is 1. The summed E-state index contributed by atoms with van der Waals surface area (Å²) in [5.74, 6) is -1.80. The predicted octanol–water partition coefficient (Wildman–Crippen LogP) is 4.19. The number of hydrogen-bond acceptors (Lipinski definition) is 5. The van der Waals surface area contributed by atoms with Gasteiger partial charge in [0.1, 0.15) is 0 Å². The van der Waals surface area contributed by atoms with Crippen LogP contribution in [0.4, 0.5) is 18.9 Å². The minimum atomic E-state index is -4.61. The van der Waals surface area contributed by atoms with Crippen LogP contribution in [0.1, 0.15) is 44.9 Å². The number of ether oxygens (including phenoxy) is 1. The number of anilines is 1. The first-order valence-corrected chi connectivity index (χ1v) is 8.12. The van der Waals surface area contributed by atoms with E-state index in [1.807, 2.05) is 0 Å². The zero-order valence-electron chi connectivity index (χ0n) is 14.6. The molecule has 2 aromatic rings. The van der Waals surface area contributed by atoms with Crippen molar-refractivity contribution in [3.05, 3.63) is 51.6 Å². The van der Waals surface area contributed by atoms with Gasteiger partial charge in [-0.05, 0) is 39.0 Å². The standard InChI is InChI=1S/C17H15ClF3N3O3/c1-4-27-16(26)14-13(22-8(2)9(3)23-14)15(25)24-12-7-10(17(19,20)21)5-6-11(12)18/h5-7H,4H2,1-3H3,(H,24,25). The van der Waals surface area contributed by atoms with Gasteiger partial charge < -0.3 is 10.1 Å². The Bertz CT molecular complexity index is 901. The highest BCUT2D eigenvalue weighted by atomic mass is 35.5. The molecule has 0 aliphatic heterocycles. The summed E-state index contributed by atoms with van der Waals surface area (Å²) in [6, 6.07) is 2.49. The molecule has 1 N–H and O–H groups in total. The number of carbonyl (C=O) groups is 2. The topological polar surface area (TPSA) is 81.2 Å². The highest BCUT2D eigenvalue weighted by molar-refractivity contribution is 6.34. The van der Waals surface area contributed by atoms with Crippen molar-refractivity contribution in [1.29, 1.82) is 0 Å². The second-order valence-electron chi connectivity index (χ2n) is 5.46. The highest BCUT2D eigenvalue weighted by Gasteiger charge is 2.31. The molecule has 144 valence electrons. The van der Waals surface area contributed by atoms with Gasteiger partial charge in [-0.15, -0.1) is 0 Å². The van der Waals surface area contributed by atoms with Gasteiger partial charge in [-0.1, -0.05) is 11.6 Å². The Hall–Kier alpha value is -2.68. The summed E-state index contributed by atoms with van der Waals surface area (Å²) >= 11 is 5.88. The number of benzene rings is 1. The van der Waals surface area contributed by atoms with Crippen molar-refractivity contribution in [1.82, 2.24) is 9.97 Å². The summed E-state index contributed by atoms with van der Waals surface area (Å²) in [5, 5.41) is 2.14. The molecule has 0 saturated carbocycles. The summed E-state index contributed by atoms with van der Waals surface area (Å²) < 4.78 is 43.5. The lowest BCUT2D eigenvalue weighted by atomic mass is 10.2. The van der Waals surface area contributed by atoms with Crippen LogP contribution in [-0.2, 0) is 10.9 Å². The van der Waals surface area contributed by atoms with Crippen molar-refractivity contribution >= 4 is 29.2 Å². The Labute approximate surface area is 157 Å². The van der Waals surface area contributed by atoms with Crippen molar-refractivity contribution in [3.63, 3.8) is 0 Å². The van der Waals surface area contributed by atoms with E-state index in [4.69, 9.17) is 16.3 Å². The number of nitrogens with zero attached hydrogens (tertiary/aromatic N) is 2. The maximum absolute atomic E-state index is 12.9. The summed E-state index contributed by atoms with van der Waals surface area (Å²) in [5.41, 5.74) is -1.18. The summed E-state index contributed by atoms with van der Waals surface area (Å²) in [6.07, 6.45) is -4.61. The lowest BCUT2D eigenvalue weighted by Gasteiger charge is -2.13. The van der Waals surface area contributed by atoms with Gasteiger partial charge in [0.15, 0.2) is 11.4 Å². The Morgan fingerprint density at radius 3 is 2.30 bits per heavy atom. The monoisotopic (exact) mass is 401 g/mol. The predicted molar refractivity (Wildman–Crippen MR) is 91.9 cm³/mol. The third kappa shape index (κ3) is 4.73. The Morgan fingerprint density at radius 2 is 1.74 bits per heavy atom. The van der Waals surface area contributed by atoms with Crippen LogP contribution < -0.4 is 5.32 Å². The van der Waals surface area contributed by atoms with Crippen molar-refractivity contribution < 1.29 is 27.5 Å². The van der Waals surface area contributed by atoms with Gasteiger partial charge in [-0.25, -0.2) is 14.8 Å². The smallest absolute Gasteiger partial charge is 0.416 e. The van der Waals surface area contributed by atoms with E-state index in [-0.39, 0.29) is 28.7 Å². The van der Waals surface area contributed by atoms with Gasteiger partial charge >= 0.3 is 12.1 Å². The molecule has 1 amide bonds. The van der Waals surface area contributed by atoms with Gasteiger partial charge in [-0.2, -0.15) is 13.2 Å². The van der Waals surface area contributed by atoms with E-state index in [2.05, 4.69) is 15.3 Å². The van der Waals surface area contributed by atoms with Gasteiger partial charge in [0.05, 0.1) is 34.3 Å². The molecule has 1 aromatic heterocycles. The number of nitrogens with one attached hydrogen (secondary N) is 1. The molecular formula is C17H15ClF3N3O3. The second kappa shape index (κ2) is 7.91. The number of amides is 1. The van der Waals surface area contributed by atoms with Crippen LogP contribution in [-0.4, -0.2) is 28.5 Å². The number of aromatic nitrogens is 2. The Kier molecular flexibility index (Phi) is 6.04. The van der Waals surface area contributed by atoms with E-state index in [0.29, 0.717) is 17.5 Å². The van der Waals surface area contributed by atoms with Gasteiger partial charge in [0.2, 0.25) is 0 Å². The molecule has 27 heavy (non-hydrogen) atoms. The number of carbonyl (C=O) groups excluding carboxylic acids is 2. The molecule has 1 aromatic carbocycles. The van der Waals surface area contributed by atoms with E-state index in [9.17, 15) is 22.8 Å². The van der Waals surface area contributed by atoms with Crippen LogP contribution in [0.2, 0.25) is 5.02 Å². The first-order valence-electron chi connectivity index (χ1n) is 7.75. The van der Waals surface area contributed by atoms with Crippen molar-refractivity contribution in [3.8, 4) is 0 Å². The van der Waals surface area contributed by atoms with Crippen LogP contribution in [0.15, 0.2) is 18.2 Å². The zero-order valence-corrected chi connectivity index (χ0v) is 15.3. The van der Waals surface area contributed by atoms with E-state index in [0.717, 1.165) is 12.1 Å². The highest BCUT2D eigenvalue weighted by Crippen LogP contribution is 2.34. The summed E-state index contributed by atoms with van der Waals surface area (Å²) in [6.45, 7) is 4.80. The fourth-order valence-electron chi connectivity index (χ4n) is 2.08. The fraction of sp³-hybridized carbons (Fsp3) is 0.294.